The summed E-state index contributed by atoms with van der Waals surface area (Å²) in [7, 11) is 1.55. The number of ether oxygens (including phenoxy) is 1. The van der Waals surface area contributed by atoms with Gasteiger partial charge in [-0.05, 0) is 11.6 Å². The molecule has 1 aliphatic heterocycles. The molecule has 1 aromatic rings. The zero-order valence-electron chi connectivity index (χ0n) is 11.3. The molecule has 0 radical (unpaired) electrons. The van der Waals surface area contributed by atoms with Gasteiger partial charge in [0.25, 0.3) is 5.24 Å². The number of hydrogen-bond acceptors (Lipinski definition) is 5. The molecule has 0 unspecified atom stereocenters. The number of pyridine rings is 1. The van der Waals surface area contributed by atoms with Crippen LogP contribution in [0.3, 0.4) is 0 Å². The van der Waals surface area contributed by atoms with Crippen LogP contribution in [0.2, 0.25) is 0 Å². The van der Waals surface area contributed by atoms with Crippen LogP contribution in [0.5, 0.6) is 5.88 Å². The molecule has 0 atom stereocenters. The second kappa shape index (κ2) is 7.14. The Bertz CT molecular complexity index is 496. The van der Waals surface area contributed by atoms with Crippen molar-refractivity contribution in [3.05, 3.63) is 23.9 Å². The highest BCUT2D eigenvalue weighted by Crippen LogP contribution is 2.17. The largest absolute Gasteiger partial charge is 0.481 e. The summed E-state index contributed by atoms with van der Waals surface area (Å²) in [5.41, 5.74) is 0.929. The number of hydrogen-bond donors (Lipinski definition) is 1. The molecule has 1 saturated heterocycles. The van der Waals surface area contributed by atoms with Crippen molar-refractivity contribution in [1.29, 1.82) is 0 Å². The van der Waals surface area contributed by atoms with E-state index in [1.54, 1.807) is 24.3 Å². The van der Waals surface area contributed by atoms with Crippen LogP contribution in [-0.2, 0) is 11.3 Å². The molecule has 0 aliphatic carbocycles. The number of amides is 2. The smallest absolute Gasteiger partial charge is 0.281 e. The Hall–Kier alpha value is -1.76. The van der Waals surface area contributed by atoms with Gasteiger partial charge in [-0.15, -0.1) is 0 Å². The van der Waals surface area contributed by atoms with Gasteiger partial charge in [-0.3, -0.25) is 9.59 Å². The summed E-state index contributed by atoms with van der Waals surface area (Å²) in [4.78, 5) is 28.8. The third-order valence-electron chi connectivity index (χ3n) is 2.95. The van der Waals surface area contributed by atoms with Crippen LogP contribution in [0, 0.1) is 0 Å². The van der Waals surface area contributed by atoms with Crippen LogP contribution in [0.15, 0.2) is 18.3 Å². The number of nitrogens with zero attached hydrogens (tertiary/aromatic N) is 2. The number of methoxy groups -OCH3 is 1. The number of carbonyl (C=O) groups is 2. The standard InChI is InChI=1S/C13H17N3O3S/c1-19-12-8-10(2-4-14-12)9-15-11(17)3-5-16-6-7-20-13(16)18/h2,4,8H,3,5-7,9H2,1H3,(H,15,17). The van der Waals surface area contributed by atoms with Crippen molar-refractivity contribution in [3.63, 3.8) is 0 Å². The van der Waals surface area contributed by atoms with Gasteiger partial charge in [-0.2, -0.15) is 0 Å². The van der Waals surface area contributed by atoms with Crippen LogP contribution in [0.1, 0.15) is 12.0 Å². The first kappa shape index (κ1) is 14.6. The van der Waals surface area contributed by atoms with E-state index in [-0.39, 0.29) is 11.1 Å². The molecule has 1 aliphatic rings. The first-order valence-corrected chi connectivity index (χ1v) is 7.35. The fourth-order valence-electron chi connectivity index (χ4n) is 1.83. The molecule has 1 aromatic heterocycles. The summed E-state index contributed by atoms with van der Waals surface area (Å²) in [6.07, 6.45) is 1.97. The van der Waals surface area contributed by atoms with E-state index in [4.69, 9.17) is 4.74 Å². The predicted octanol–water partition coefficient (Wildman–Crippen LogP) is 1.27. The molecule has 0 bridgehead atoms. The molecule has 2 amide bonds. The number of thioether (sulfide) groups is 1. The second-order valence-corrected chi connectivity index (χ2v) is 5.38. The summed E-state index contributed by atoms with van der Waals surface area (Å²) >= 11 is 1.31. The van der Waals surface area contributed by atoms with E-state index in [0.29, 0.717) is 25.4 Å². The second-order valence-electron chi connectivity index (χ2n) is 4.33. The lowest BCUT2D eigenvalue weighted by atomic mass is 10.2. The van der Waals surface area contributed by atoms with Gasteiger partial charge in [0.2, 0.25) is 11.8 Å². The average molecular weight is 295 g/mol. The van der Waals surface area contributed by atoms with Crippen LogP contribution in [0.4, 0.5) is 4.79 Å². The molecular formula is C13H17N3O3S. The summed E-state index contributed by atoms with van der Waals surface area (Å²) in [6, 6.07) is 3.60. The minimum Gasteiger partial charge on any atom is -0.481 e. The van der Waals surface area contributed by atoms with E-state index >= 15 is 0 Å². The lowest BCUT2D eigenvalue weighted by Crippen LogP contribution is -2.30. The summed E-state index contributed by atoms with van der Waals surface area (Å²) in [5, 5.41) is 2.89. The minimum atomic E-state index is -0.0644. The van der Waals surface area contributed by atoms with Gasteiger partial charge >= 0.3 is 0 Å². The van der Waals surface area contributed by atoms with Crippen molar-refractivity contribution in [1.82, 2.24) is 15.2 Å². The average Bonchev–Trinajstić information content (AvgIpc) is 2.88. The van der Waals surface area contributed by atoms with E-state index in [2.05, 4.69) is 10.3 Å². The Morgan fingerprint density at radius 3 is 3.15 bits per heavy atom. The zero-order valence-corrected chi connectivity index (χ0v) is 12.1. The fourth-order valence-corrected chi connectivity index (χ4v) is 2.68. The van der Waals surface area contributed by atoms with E-state index < -0.39 is 0 Å². The highest BCUT2D eigenvalue weighted by atomic mass is 32.2. The van der Waals surface area contributed by atoms with Gasteiger partial charge in [-0.25, -0.2) is 4.98 Å². The predicted molar refractivity (Wildman–Crippen MR) is 76.7 cm³/mol. The van der Waals surface area contributed by atoms with Gasteiger partial charge in [0.15, 0.2) is 0 Å². The van der Waals surface area contributed by atoms with Crippen molar-refractivity contribution in [2.45, 2.75) is 13.0 Å². The molecule has 1 fully saturated rings. The molecular weight excluding hydrogens is 278 g/mol. The van der Waals surface area contributed by atoms with Crippen molar-refractivity contribution >= 4 is 22.9 Å². The maximum atomic E-state index is 11.7. The van der Waals surface area contributed by atoms with Crippen molar-refractivity contribution < 1.29 is 14.3 Å². The van der Waals surface area contributed by atoms with Crippen LogP contribution in [0.25, 0.3) is 0 Å². The van der Waals surface area contributed by atoms with Crippen molar-refractivity contribution in [2.75, 3.05) is 26.0 Å². The van der Waals surface area contributed by atoms with Crippen molar-refractivity contribution in [2.24, 2.45) is 0 Å². The molecule has 0 saturated carbocycles. The molecule has 0 aromatic carbocycles. The molecule has 0 spiro atoms. The Kier molecular flexibility index (Phi) is 5.23. The van der Waals surface area contributed by atoms with Crippen LogP contribution in [-0.4, -0.2) is 47.0 Å². The zero-order chi connectivity index (χ0) is 14.4. The fraction of sp³-hybridized carbons (Fsp3) is 0.462. The lowest BCUT2D eigenvalue weighted by molar-refractivity contribution is -0.121. The summed E-state index contributed by atoms with van der Waals surface area (Å²) in [5.74, 6) is 1.28. The van der Waals surface area contributed by atoms with Crippen molar-refractivity contribution in [3.8, 4) is 5.88 Å². The quantitative estimate of drug-likeness (QED) is 0.855. The minimum absolute atomic E-state index is 0.0644. The lowest BCUT2D eigenvalue weighted by Gasteiger charge is -2.14. The van der Waals surface area contributed by atoms with Gasteiger partial charge < -0.3 is 15.0 Å². The highest BCUT2D eigenvalue weighted by Gasteiger charge is 2.21. The van der Waals surface area contributed by atoms with Gasteiger partial charge in [0, 0.05) is 44.1 Å². The highest BCUT2D eigenvalue weighted by molar-refractivity contribution is 8.13. The Labute approximate surface area is 121 Å². The number of nitrogens with one attached hydrogen (secondary N) is 1. The number of aromatic nitrogens is 1. The van der Waals surface area contributed by atoms with Crippen LogP contribution < -0.4 is 10.1 Å². The number of carbonyl (C=O) groups excluding carboxylic acids is 2. The van der Waals surface area contributed by atoms with Crippen LogP contribution >= 0.6 is 11.8 Å². The topological polar surface area (TPSA) is 71.5 Å². The maximum Gasteiger partial charge on any atom is 0.281 e. The van der Waals surface area contributed by atoms with Gasteiger partial charge in [0.05, 0.1) is 7.11 Å². The van der Waals surface area contributed by atoms with E-state index in [1.165, 1.54) is 11.8 Å². The SMILES string of the molecule is COc1cc(CNC(=O)CCN2CCSC2=O)ccn1. The third-order valence-corrected chi connectivity index (χ3v) is 3.84. The molecule has 2 rings (SSSR count). The first-order chi connectivity index (χ1) is 9.69. The first-order valence-electron chi connectivity index (χ1n) is 6.36. The molecule has 6 nitrogen and oxygen atoms in total. The maximum absolute atomic E-state index is 11.7. The Morgan fingerprint density at radius 2 is 2.45 bits per heavy atom. The monoisotopic (exact) mass is 295 g/mol. The molecule has 2 heterocycles. The third kappa shape index (κ3) is 4.12. The van der Waals surface area contributed by atoms with E-state index in [1.807, 2.05) is 6.07 Å². The molecule has 1 N–H and O–H groups in total. The van der Waals surface area contributed by atoms with Gasteiger partial charge in [-0.1, -0.05) is 11.8 Å². The molecule has 7 heteroatoms. The Balaban J connectivity index is 1.73. The van der Waals surface area contributed by atoms with E-state index in [9.17, 15) is 9.59 Å². The summed E-state index contributed by atoms with van der Waals surface area (Å²) < 4.78 is 5.02. The molecule has 20 heavy (non-hydrogen) atoms. The normalized spacial score (nSPS) is 14.4. The molecule has 108 valence electrons. The van der Waals surface area contributed by atoms with Gasteiger partial charge in [0.1, 0.15) is 0 Å². The number of rotatable bonds is 6. The van der Waals surface area contributed by atoms with E-state index in [0.717, 1.165) is 17.9 Å². The summed E-state index contributed by atoms with van der Waals surface area (Å²) in [6.45, 7) is 1.65. The Morgan fingerprint density at radius 1 is 1.60 bits per heavy atom.